The van der Waals surface area contributed by atoms with E-state index in [4.69, 9.17) is 14.6 Å². The van der Waals surface area contributed by atoms with Crippen molar-refractivity contribution in [3.63, 3.8) is 0 Å². The molecule has 0 bridgehead atoms. The first-order valence-electron chi connectivity index (χ1n) is 7.47. The minimum absolute atomic E-state index is 0.0973. The quantitative estimate of drug-likeness (QED) is 0.762. The zero-order valence-electron chi connectivity index (χ0n) is 11.4. The molecule has 2 heterocycles. The fourth-order valence-electron chi connectivity index (χ4n) is 4.29. The molecule has 4 nitrogen and oxygen atoms in total. The van der Waals surface area contributed by atoms with Crippen molar-refractivity contribution in [2.75, 3.05) is 19.8 Å². The summed E-state index contributed by atoms with van der Waals surface area (Å²) in [5.41, 5.74) is -1.97. The fraction of sp³-hybridized carbons (Fsp3) is 0.867. The van der Waals surface area contributed by atoms with E-state index in [1.165, 1.54) is 0 Å². The van der Waals surface area contributed by atoms with Crippen molar-refractivity contribution < 1.29 is 19.7 Å². The maximum absolute atomic E-state index is 11.2. The van der Waals surface area contributed by atoms with E-state index >= 15 is 0 Å². The average Bonchev–Trinajstić information content (AvgIpc) is 3.05. The number of hydrogen-bond acceptors (Lipinski definition) is 4. The lowest BCUT2D eigenvalue weighted by molar-refractivity contribution is -0.244. The van der Waals surface area contributed by atoms with E-state index in [1.54, 1.807) is 0 Å². The van der Waals surface area contributed by atoms with Crippen LogP contribution in [0.15, 0.2) is 12.2 Å². The van der Waals surface area contributed by atoms with Crippen LogP contribution in [0.25, 0.3) is 0 Å². The van der Waals surface area contributed by atoms with Crippen molar-refractivity contribution in [1.82, 2.24) is 0 Å². The molecule has 2 spiro atoms. The van der Waals surface area contributed by atoms with Crippen molar-refractivity contribution >= 4 is 0 Å². The van der Waals surface area contributed by atoms with Gasteiger partial charge in [-0.1, -0.05) is 12.2 Å². The summed E-state index contributed by atoms with van der Waals surface area (Å²) >= 11 is 0. The summed E-state index contributed by atoms with van der Waals surface area (Å²) in [6.45, 7) is 1.55. The van der Waals surface area contributed by atoms with Gasteiger partial charge < -0.3 is 19.7 Å². The molecule has 3 rings (SSSR count). The van der Waals surface area contributed by atoms with Gasteiger partial charge in [0.25, 0.3) is 0 Å². The lowest BCUT2D eigenvalue weighted by Crippen LogP contribution is -2.68. The van der Waals surface area contributed by atoms with Gasteiger partial charge in [0.2, 0.25) is 0 Å². The lowest BCUT2D eigenvalue weighted by atomic mass is 9.62. The first-order valence-corrected chi connectivity index (χ1v) is 7.47. The Morgan fingerprint density at radius 3 is 2.53 bits per heavy atom. The Hall–Kier alpha value is -0.420. The summed E-state index contributed by atoms with van der Waals surface area (Å²) in [7, 11) is 0. The summed E-state index contributed by atoms with van der Waals surface area (Å²) in [6, 6.07) is 0. The van der Waals surface area contributed by atoms with E-state index < -0.39 is 11.2 Å². The molecule has 1 aliphatic carbocycles. The third-order valence-corrected chi connectivity index (χ3v) is 5.12. The molecule has 0 aromatic rings. The van der Waals surface area contributed by atoms with Gasteiger partial charge in [0.05, 0.1) is 0 Å². The maximum atomic E-state index is 11.2. The molecule has 4 heteroatoms. The van der Waals surface area contributed by atoms with Gasteiger partial charge in [0, 0.05) is 19.8 Å². The zero-order valence-corrected chi connectivity index (χ0v) is 11.4. The third kappa shape index (κ3) is 1.81. The van der Waals surface area contributed by atoms with Gasteiger partial charge in [0.15, 0.2) is 0 Å². The molecular weight excluding hydrogens is 244 g/mol. The highest BCUT2D eigenvalue weighted by molar-refractivity contribution is 5.28. The molecule has 2 saturated heterocycles. The van der Waals surface area contributed by atoms with Crippen LogP contribution in [0.5, 0.6) is 0 Å². The number of hydrogen-bond donors (Lipinski definition) is 2. The maximum Gasteiger partial charge on any atom is 0.129 e. The van der Waals surface area contributed by atoms with E-state index in [9.17, 15) is 5.11 Å². The topological polar surface area (TPSA) is 58.9 Å². The Balaban J connectivity index is 1.98. The second-order valence-corrected chi connectivity index (χ2v) is 6.08. The molecule has 2 N–H and O–H groups in total. The lowest BCUT2D eigenvalue weighted by Gasteiger charge is -2.55. The van der Waals surface area contributed by atoms with Crippen molar-refractivity contribution in [3.05, 3.63) is 12.2 Å². The molecule has 0 unspecified atom stereocenters. The Morgan fingerprint density at radius 1 is 1.11 bits per heavy atom. The number of aliphatic hydroxyl groups excluding tert-OH is 1. The molecule has 0 saturated carbocycles. The highest BCUT2D eigenvalue weighted by Gasteiger charge is 2.66. The molecule has 3 atom stereocenters. The van der Waals surface area contributed by atoms with Crippen molar-refractivity contribution in [3.8, 4) is 0 Å². The highest BCUT2D eigenvalue weighted by atomic mass is 16.6. The van der Waals surface area contributed by atoms with Gasteiger partial charge in [-0.2, -0.15) is 0 Å². The molecule has 0 amide bonds. The standard InChI is InChI=1S/C15H24O4/c16-10-2-6-13(17)5-1-7-14(8-3-11-18-14)15(13)9-4-12-19-15/h1,5,16-17H,2-4,6-12H2/t13-,14-,15-/m1/s1. The van der Waals surface area contributed by atoms with E-state index in [1.807, 2.05) is 12.2 Å². The first-order chi connectivity index (χ1) is 9.18. The average molecular weight is 268 g/mol. The molecule has 2 aliphatic heterocycles. The number of aliphatic hydroxyl groups is 2. The van der Waals surface area contributed by atoms with Gasteiger partial charge in [0.1, 0.15) is 16.8 Å². The van der Waals surface area contributed by atoms with Crippen LogP contribution in [0.3, 0.4) is 0 Å². The van der Waals surface area contributed by atoms with Gasteiger partial charge in [-0.15, -0.1) is 0 Å². The predicted molar refractivity (Wildman–Crippen MR) is 70.9 cm³/mol. The van der Waals surface area contributed by atoms with Crippen LogP contribution in [0.2, 0.25) is 0 Å². The van der Waals surface area contributed by atoms with Crippen molar-refractivity contribution in [2.45, 2.75) is 61.7 Å². The van der Waals surface area contributed by atoms with Crippen LogP contribution in [0, 0.1) is 0 Å². The summed E-state index contributed by atoms with van der Waals surface area (Å²) in [5, 5.41) is 20.3. The molecule has 0 aromatic heterocycles. The summed E-state index contributed by atoms with van der Waals surface area (Å²) in [6.07, 6.45) is 9.69. The van der Waals surface area contributed by atoms with Crippen molar-refractivity contribution in [1.29, 1.82) is 0 Å². The molecule has 2 fully saturated rings. The van der Waals surface area contributed by atoms with Crippen LogP contribution in [-0.4, -0.2) is 46.8 Å². The normalized spacial score (nSPS) is 45.6. The van der Waals surface area contributed by atoms with Gasteiger partial charge in [-0.3, -0.25) is 0 Å². The zero-order chi connectivity index (χ0) is 13.4. The molecule has 0 aromatic carbocycles. The summed E-state index contributed by atoms with van der Waals surface area (Å²) in [5.74, 6) is 0. The van der Waals surface area contributed by atoms with E-state index in [0.29, 0.717) is 19.4 Å². The van der Waals surface area contributed by atoms with E-state index in [2.05, 4.69) is 0 Å². The first kappa shape index (κ1) is 13.6. The second-order valence-electron chi connectivity index (χ2n) is 6.08. The Morgan fingerprint density at radius 2 is 1.89 bits per heavy atom. The minimum atomic E-state index is -1.01. The van der Waals surface area contributed by atoms with E-state index in [0.717, 1.165) is 38.7 Å². The molecular formula is C15H24O4. The van der Waals surface area contributed by atoms with Crippen LogP contribution >= 0.6 is 0 Å². The highest BCUT2D eigenvalue weighted by Crippen LogP contribution is 2.55. The van der Waals surface area contributed by atoms with Gasteiger partial charge in [-0.25, -0.2) is 0 Å². The fourth-order valence-corrected chi connectivity index (χ4v) is 4.29. The third-order valence-electron chi connectivity index (χ3n) is 5.12. The Kier molecular flexibility index (Phi) is 3.46. The van der Waals surface area contributed by atoms with Crippen LogP contribution < -0.4 is 0 Å². The Bertz CT molecular complexity index is 353. The minimum Gasteiger partial charge on any atom is -0.396 e. The number of rotatable bonds is 3. The molecule has 19 heavy (non-hydrogen) atoms. The van der Waals surface area contributed by atoms with Gasteiger partial charge >= 0.3 is 0 Å². The van der Waals surface area contributed by atoms with Crippen LogP contribution in [0.1, 0.15) is 44.9 Å². The Labute approximate surface area is 114 Å². The van der Waals surface area contributed by atoms with E-state index in [-0.39, 0.29) is 12.2 Å². The summed E-state index contributed by atoms with van der Waals surface area (Å²) in [4.78, 5) is 0. The molecule has 108 valence electrons. The largest absolute Gasteiger partial charge is 0.396 e. The van der Waals surface area contributed by atoms with Crippen LogP contribution in [-0.2, 0) is 9.47 Å². The summed E-state index contributed by atoms with van der Waals surface area (Å²) < 4.78 is 12.2. The monoisotopic (exact) mass is 268 g/mol. The molecule has 0 radical (unpaired) electrons. The smallest absolute Gasteiger partial charge is 0.129 e. The van der Waals surface area contributed by atoms with Crippen LogP contribution in [0.4, 0.5) is 0 Å². The predicted octanol–water partition coefficient (Wildman–Crippen LogP) is 1.55. The van der Waals surface area contributed by atoms with Crippen molar-refractivity contribution in [2.24, 2.45) is 0 Å². The molecule has 3 aliphatic rings. The number of ether oxygens (including phenoxy) is 2. The SMILES string of the molecule is OCCC[C@]1(O)C=CC[C@@]2(CCCO2)[C@@]12CCCO2. The van der Waals surface area contributed by atoms with Gasteiger partial charge in [-0.05, 0) is 44.9 Å². The number of fused-ring (bicyclic) bond motifs is 1. The second kappa shape index (κ2) is 4.85.